The first-order valence-corrected chi connectivity index (χ1v) is 15.3. The highest BCUT2D eigenvalue weighted by atomic mass is 31.1. The van der Waals surface area contributed by atoms with Crippen molar-refractivity contribution in [3.8, 4) is 22.6 Å². The first-order chi connectivity index (χ1) is 17.5. The third-order valence-corrected chi connectivity index (χ3v) is 12.0. The van der Waals surface area contributed by atoms with Crippen LogP contribution < -0.4 is 30.7 Å². The lowest BCUT2D eigenvalue weighted by Gasteiger charge is -2.31. The predicted octanol–water partition coefficient (Wildman–Crippen LogP) is 7.05. The van der Waals surface area contributed by atoms with Gasteiger partial charge >= 0.3 is 0 Å². The summed E-state index contributed by atoms with van der Waals surface area (Å²) in [5.41, 5.74) is 3.43. The smallest absolute Gasteiger partial charge is 0.127 e. The Morgan fingerprint density at radius 3 is 1.33 bits per heavy atom. The molecule has 0 fully saturated rings. The fourth-order valence-corrected chi connectivity index (χ4v) is 10.5. The molecule has 4 aromatic carbocycles. The molecule has 0 saturated carbocycles. The molecule has 36 heavy (non-hydrogen) atoms. The van der Waals surface area contributed by atoms with E-state index in [0.717, 1.165) is 17.1 Å². The predicted molar refractivity (Wildman–Crippen MR) is 161 cm³/mol. The maximum absolute atomic E-state index is 6.08. The van der Waals surface area contributed by atoms with E-state index in [-0.39, 0.29) is 0 Å². The molecule has 0 atom stereocenters. The number of methoxy groups -OCH3 is 2. The molecule has 0 bridgehead atoms. The van der Waals surface area contributed by atoms with E-state index in [4.69, 9.17) is 9.47 Å². The second-order valence-electron chi connectivity index (χ2n) is 9.31. The van der Waals surface area contributed by atoms with E-state index in [1.54, 1.807) is 14.2 Å². The Morgan fingerprint density at radius 2 is 0.917 bits per heavy atom. The van der Waals surface area contributed by atoms with Crippen LogP contribution in [0.25, 0.3) is 11.1 Å². The van der Waals surface area contributed by atoms with Crippen LogP contribution in [0.15, 0.2) is 97.1 Å². The van der Waals surface area contributed by atoms with Crippen LogP contribution in [0.3, 0.4) is 0 Å². The highest BCUT2D eigenvalue weighted by Gasteiger charge is 2.30. The minimum absolute atomic E-state index is 0.426. The summed E-state index contributed by atoms with van der Waals surface area (Å²) in [5, 5.41) is 5.31. The van der Waals surface area contributed by atoms with Crippen molar-refractivity contribution in [3.05, 3.63) is 97.1 Å². The average Bonchev–Trinajstić information content (AvgIpc) is 2.89. The van der Waals surface area contributed by atoms with Crippen molar-refractivity contribution in [3.63, 3.8) is 0 Å². The Kier molecular flexibility index (Phi) is 8.84. The van der Waals surface area contributed by atoms with E-state index < -0.39 is 15.8 Å². The lowest BCUT2D eigenvalue weighted by atomic mass is 10.0. The summed E-state index contributed by atoms with van der Waals surface area (Å²) in [6.45, 7) is 9.38. The number of ether oxygens (including phenoxy) is 2. The number of hydrogen-bond acceptors (Lipinski definition) is 2. The molecule has 0 heterocycles. The Labute approximate surface area is 219 Å². The minimum atomic E-state index is -0.820. The van der Waals surface area contributed by atoms with Crippen molar-refractivity contribution in [2.75, 3.05) is 14.2 Å². The van der Waals surface area contributed by atoms with Crippen molar-refractivity contribution >= 4 is 37.1 Å². The van der Waals surface area contributed by atoms with E-state index in [0.29, 0.717) is 11.3 Å². The SMILES string of the molecule is COc1cccc(P(c2ccccc2)c2ccccc2)c1-c1c(OC)cccc1P(C(C)C)C(C)C. The van der Waals surface area contributed by atoms with Crippen LogP contribution in [0.2, 0.25) is 0 Å². The number of benzene rings is 4. The van der Waals surface area contributed by atoms with Crippen LogP contribution >= 0.6 is 15.8 Å². The van der Waals surface area contributed by atoms with Crippen molar-refractivity contribution in [1.82, 2.24) is 0 Å². The summed E-state index contributed by atoms with van der Waals surface area (Å²) in [6, 6.07) is 34.8. The van der Waals surface area contributed by atoms with E-state index in [9.17, 15) is 0 Å². The topological polar surface area (TPSA) is 18.5 Å². The largest absolute Gasteiger partial charge is 0.496 e. The van der Waals surface area contributed by atoms with E-state index in [2.05, 4.69) is 125 Å². The van der Waals surface area contributed by atoms with Crippen molar-refractivity contribution in [1.29, 1.82) is 0 Å². The van der Waals surface area contributed by atoms with Gasteiger partial charge in [0.2, 0.25) is 0 Å². The zero-order chi connectivity index (χ0) is 25.7. The fraction of sp³-hybridized carbons (Fsp3) is 0.250. The number of hydrogen-bond donors (Lipinski definition) is 0. The average molecular weight is 515 g/mol. The van der Waals surface area contributed by atoms with Crippen LogP contribution in [-0.4, -0.2) is 25.5 Å². The van der Waals surface area contributed by atoms with Crippen LogP contribution in [-0.2, 0) is 0 Å². The van der Waals surface area contributed by atoms with Gasteiger partial charge in [-0.25, -0.2) is 0 Å². The van der Waals surface area contributed by atoms with Gasteiger partial charge in [-0.05, 0) is 52.6 Å². The van der Waals surface area contributed by atoms with Gasteiger partial charge in [0.15, 0.2) is 0 Å². The number of rotatable bonds is 9. The van der Waals surface area contributed by atoms with Gasteiger partial charge in [-0.2, -0.15) is 0 Å². The molecule has 0 aliphatic carbocycles. The molecular formula is C32H36O2P2. The molecule has 2 nitrogen and oxygen atoms in total. The van der Waals surface area contributed by atoms with E-state index in [1.165, 1.54) is 26.8 Å². The van der Waals surface area contributed by atoms with Crippen LogP contribution in [0.5, 0.6) is 11.5 Å². The Morgan fingerprint density at radius 1 is 0.500 bits per heavy atom. The molecule has 186 valence electrons. The molecule has 4 heteroatoms. The van der Waals surface area contributed by atoms with Gasteiger partial charge < -0.3 is 9.47 Å². The highest BCUT2D eigenvalue weighted by molar-refractivity contribution is 7.80. The van der Waals surface area contributed by atoms with Gasteiger partial charge in [-0.15, -0.1) is 0 Å². The zero-order valence-corrected chi connectivity index (χ0v) is 23.9. The molecule has 0 unspecified atom stereocenters. The summed E-state index contributed by atoms with van der Waals surface area (Å²) in [5.74, 6) is 1.79. The molecule has 0 N–H and O–H groups in total. The Bertz CT molecular complexity index is 1220. The molecule has 0 amide bonds. The third-order valence-electron chi connectivity index (χ3n) is 6.36. The quantitative estimate of drug-likeness (QED) is 0.223. The lowest BCUT2D eigenvalue weighted by molar-refractivity contribution is 0.411. The summed E-state index contributed by atoms with van der Waals surface area (Å²) in [6.07, 6.45) is 0. The summed E-state index contributed by atoms with van der Waals surface area (Å²) >= 11 is 0. The van der Waals surface area contributed by atoms with Crippen molar-refractivity contribution in [2.45, 2.75) is 39.0 Å². The van der Waals surface area contributed by atoms with Crippen molar-refractivity contribution < 1.29 is 9.47 Å². The summed E-state index contributed by atoms with van der Waals surface area (Å²) in [7, 11) is 2.31. The van der Waals surface area contributed by atoms with Gasteiger partial charge in [0.25, 0.3) is 0 Å². The molecule has 4 rings (SSSR count). The molecule has 0 aliphatic rings. The Balaban J connectivity index is 2.10. The molecule has 4 aromatic rings. The van der Waals surface area contributed by atoms with Gasteiger partial charge in [-0.1, -0.05) is 121 Å². The minimum Gasteiger partial charge on any atom is -0.496 e. The first-order valence-electron chi connectivity index (χ1n) is 12.5. The molecule has 0 aliphatic heterocycles. The molecule has 0 spiro atoms. The molecule has 0 radical (unpaired) electrons. The summed E-state index contributed by atoms with van der Waals surface area (Å²) in [4.78, 5) is 0. The molecule has 0 saturated heterocycles. The third kappa shape index (κ3) is 5.36. The second-order valence-corrected chi connectivity index (χ2v) is 14.9. The summed E-state index contributed by atoms with van der Waals surface area (Å²) < 4.78 is 12.1. The van der Waals surface area contributed by atoms with Crippen LogP contribution in [0.1, 0.15) is 27.7 Å². The van der Waals surface area contributed by atoms with Gasteiger partial charge in [-0.3, -0.25) is 0 Å². The normalized spacial score (nSPS) is 11.5. The van der Waals surface area contributed by atoms with Gasteiger partial charge in [0.1, 0.15) is 11.5 Å². The maximum Gasteiger partial charge on any atom is 0.127 e. The van der Waals surface area contributed by atoms with Gasteiger partial charge in [0, 0.05) is 11.1 Å². The fourth-order valence-electron chi connectivity index (χ4n) is 5.02. The standard InChI is InChI=1S/C32H36O2P2/c1-23(2)35(24(3)4)29-21-13-19-27(33-5)31(29)32-28(34-6)20-14-22-30(32)36(25-15-9-7-10-16-25)26-17-11-8-12-18-26/h7-24H,1-6H3. The van der Waals surface area contributed by atoms with Crippen LogP contribution in [0, 0.1) is 0 Å². The van der Waals surface area contributed by atoms with Gasteiger partial charge in [0.05, 0.1) is 14.2 Å². The lowest BCUT2D eigenvalue weighted by Crippen LogP contribution is -2.25. The maximum atomic E-state index is 6.08. The van der Waals surface area contributed by atoms with E-state index >= 15 is 0 Å². The molecular weight excluding hydrogens is 478 g/mol. The van der Waals surface area contributed by atoms with Crippen LogP contribution in [0.4, 0.5) is 0 Å². The monoisotopic (exact) mass is 514 g/mol. The highest BCUT2D eigenvalue weighted by Crippen LogP contribution is 2.51. The first kappa shape index (κ1) is 26.4. The second kappa shape index (κ2) is 12.1. The van der Waals surface area contributed by atoms with Crippen molar-refractivity contribution in [2.24, 2.45) is 0 Å². The Hall–Kier alpha value is -2.66. The zero-order valence-electron chi connectivity index (χ0n) is 22.1. The van der Waals surface area contributed by atoms with E-state index in [1.807, 2.05) is 0 Å². The molecule has 0 aromatic heterocycles.